The SMILES string of the molecule is Cc1ncc(S(=O)(=O)NCC2CC(O)C2)s1. The van der Waals surface area contributed by atoms with Gasteiger partial charge in [-0.25, -0.2) is 18.1 Å². The molecular formula is C9H14N2O3S2. The third-order valence-electron chi connectivity index (χ3n) is 2.64. The standard InChI is InChI=1S/C9H14N2O3S2/c1-6-10-5-9(15-6)16(13,14)11-4-7-2-8(12)3-7/h5,7-8,11-12H,2-4H2,1H3. The van der Waals surface area contributed by atoms with Crippen molar-refractivity contribution in [1.29, 1.82) is 0 Å². The lowest BCUT2D eigenvalue weighted by atomic mass is 9.83. The van der Waals surface area contributed by atoms with Crippen LogP contribution in [0.15, 0.2) is 10.4 Å². The summed E-state index contributed by atoms with van der Waals surface area (Å²) in [5, 5.41) is 9.82. The molecule has 0 bridgehead atoms. The first-order valence-electron chi connectivity index (χ1n) is 5.07. The second-order valence-electron chi connectivity index (χ2n) is 4.04. The molecule has 7 heteroatoms. The molecule has 2 rings (SSSR count). The number of nitrogens with zero attached hydrogens (tertiary/aromatic N) is 1. The van der Waals surface area contributed by atoms with Crippen LogP contribution < -0.4 is 4.72 Å². The molecule has 1 saturated carbocycles. The van der Waals surface area contributed by atoms with Gasteiger partial charge >= 0.3 is 0 Å². The van der Waals surface area contributed by atoms with Gasteiger partial charge in [-0.1, -0.05) is 0 Å². The van der Waals surface area contributed by atoms with Crippen molar-refractivity contribution in [2.24, 2.45) is 5.92 Å². The van der Waals surface area contributed by atoms with Crippen LogP contribution in [0.4, 0.5) is 0 Å². The number of hydrogen-bond donors (Lipinski definition) is 2. The largest absolute Gasteiger partial charge is 0.393 e. The maximum Gasteiger partial charge on any atom is 0.251 e. The summed E-state index contributed by atoms with van der Waals surface area (Å²) in [6.07, 6.45) is 2.49. The molecule has 1 aromatic heterocycles. The number of aliphatic hydroxyl groups excluding tert-OH is 1. The van der Waals surface area contributed by atoms with Gasteiger partial charge in [-0.05, 0) is 25.7 Å². The van der Waals surface area contributed by atoms with Crippen molar-refractivity contribution >= 4 is 21.4 Å². The molecule has 90 valence electrons. The maximum absolute atomic E-state index is 11.8. The van der Waals surface area contributed by atoms with Crippen molar-refractivity contribution in [3.05, 3.63) is 11.2 Å². The van der Waals surface area contributed by atoms with E-state index in [1.165, 1.54) is 6.20 Å². The minimum absolute atomic E-state index is 0.250. The third-order valence-corrected chi connectivity index (χ3v) is 5.44. The van der Waals surface area contributed by atoms with Crippen molar-refractivity contribution in [1.82, 2.24) is 9.71 Å². The maximum atomic E-state index is 11.8. The van der Waals surface area contributed by atoms with Gasteiger partial charge in [0, 0.05) is 6.54 Å². The van der Waals surface area contributed by atoms with Gasteiger partial charge in [0.05, 0.1) is 17.3 Å². The van der Waals surface area contributed by atoms with Crippen LogP contribution in [-0.2, 0) is 10.0 Å². The Morgan fingerprint density at radius 3 is 2.81 bits per heavy atom. The first-order valence-corrected chi connectivity index (χ1v) is 7.37. The van der Waals surface area contributed by atoms with Gasteiger partial charge in [0.25, 0.3) is 10.0 Å². The number of nitrogens with one attached hydrogen (secondary N) is 1. The Morgan fingerprint density at radius 2 is 2.31 bits per heavy atom. The summed E-state index contributed by atoms with van der Waals surface area (Å²) in [7, 11) is -3.40. The molecule has 1 aliphatic rings. The molecule has 0 saturated heterocycles. The van der Waals surface area contributed by atoms with E-state index in [1.807, 2.05) is 0 Å². The zero-order valence-corrected chi connectivity index (χ0v) is 10.5. The van der Waals surface area contributed by atoms with E-state index in [2.05, 4.69) is 9.71 Å². The molecule has 1 aromatic rings. The van der Waals surface area contributed by atoms with Gasteiger partial charge in [-0.15, -0.1) is 11.3 Å². The third kappa shape index (κ3) is 2.60. The topological polar surface area (TPSA) is 79.3 Å². The van der Waals surface area contributed by atoms with Gasteiger partial charge in [0.15, 0.2) is 4.21 Å². The Kier molecular flexibility index (Phi) is 3.29. The number of thiazole rings is 1. The molecule has 1 heterocycles. The number of aryl methyl sites for hydroxylation is 1. The smallest absolute Gasteiger partial charge is 0.251 e. The molecule has 16 heavy (non-hydrogen) atoms. The number of hydrogen-bond acceptors (Lipinski definition) is 5. The van der Waals surface area contributed by atoms with Crippen LogP contribution in [0.2, 0.25) is 0 Å². The minimum Gasteiger partial charge on any atom is -0.393 e. The summed E-state index contributed by atoms with van der Waals surface area (Å²) in [6, 6.07) is 0. The fourth-order valence-electron chi connectivity index (χ4n) is 1.63. The fourth-order valence-corrected chi connectivity index (χ4v) is 3.90. The summed E-state index contributed by atoms with van der Waals surface area (Å²) in [5.41, 5.74) is 0. The van der Waals surface area contributed by atoms with Crippen LogP contribution >= 0.6 is 11.3 Å². The number of sulfonamides is 1. The first-order chi connectivity index (χ1) is 7.47. The van der Waals surface area contributed by atoms with Crippen molar-refractivity contribution in [2.45, 2.75) is 30.1 Å². The highest BCUT2D eigenvalue weighted by atomic mass is 32.2. The van der Waals surface area contributed by atoms with Gasteiger partial charge in [0.1, 0.15) is 0 Å². The molecule has 1 fully saturated rings. The van der Waals surface area contributed by atoms with E-state index in [-0.39, 0.29) is 16.2 Å². The van der Waals surface area contributed by atoms with E-state index in [1.54, 1.807) is 6.92 Å². The fraction of sp³-hybridized carbons (Fsp3) is 0.667. The number of aliphatic hydroxyl groups is 1. The van der Waals surface area contributed by atoms with Crippen molar-refractivity contribution in [2.75, 3.05) is 6.54 Å². The molecule has 0 atom stereocenters. The van der Waals surface area contributed by atoms with E-state index in [0.717, 1.165) is 16.3 Å². The highest BCUT2D eigenvalue weighted by molar-refractivity contribution is 7.91. The van der Waals surface area contributed by atoms with E-state index in [0.29, 0.717) is 19.4 Å². The zero-order chi connectivity index (χ0) is 11.8. The molecule has 0 aromatic carbocycles. The molecule has 5 nitrogen and oxygen atoms in total. The average Bonchev–Trinajstić information content (AvgIpc) is 2.58. The molecule has 1 aliphatic carbocycles. The Morgan fingerprint density at radius 1 is 1.62 bits per heavy atom. The Labute approximate surface area is 98.6 Å². The van der Waals surface area contributed by atoms with Crippen molar-refractivity contribution in [3.63, 3.8) is 0 Å². The highest BCUT2D eigenvalue weighted by Gasteiger charge is 2.28. The van der Waals surface area contributed by atoms with Gasteiger partial charge in [-0.3, -0.25) is 0 Å². The lowest BCUT2D eigenvalue weighted by molar-refractivity contribution is 0.0453. The van der Waals surface area contributed by atoms with Gasteiger partial charge in [0.2, 0.25) is 0 Å². The summed E-state index contributed by atoms with van der Waals surface area (Å²) in [6.45, 7) is 2.17. The normalized spacial score (nSPS) is 25.4. The number of aromatic nitrogens is 1. The lowest BCUT2D eigenvalue weighted by Gasteiger charge is -2.31. The Hall–Kier alpha value is -0.500. The Balaban J connectivity index is 1.93. The van der Waals surface area contributed by atoms with Crippen LogP contribution in [0.5, 0.6) is 0 Å². The molecule has 2 N–H and O–H groups in total. The predicted molar refractivity (Wildman–Crippen MR) is 60.8 cm³/mol. The quantitative estimate of drug-likeness (QED) is 0.828. The summed E-state index contributed by atoms with van der Waals surface area (Å²) < 4.78 is 26.3. The lowest BCUT2D eigenvalue weighted by Crippen LogP contribution is -2.38. The van der Waals surface area contributed by atoms with Crippen LogP contribution in [0.1, 0.15) is 17.8 Å². The van der Waals surface area contributed by atoms with E-state index < -0.39 is 10.0 Å². The van der Waals surface area contributed by atoms with Crippen LogP contribution in [-0.4, -0.2) is 31.2 Å². The van der Waals surface area contributed by atoms with Crippen molar-refractivity contribution in [3.8, 4) is 0 Å². The first kappa shape index (κ1) is 12.0. The molecule has 0 unspecified atom stereocenters. The molecule has 0 aliphatic heterocycles. The second kappa shape index (κ2) is 4.40. The van der Waals surface area contributed by atoms with E-state index in [4.69, 9.17) is 5.11 Å². The summed E-state index contributed by atoms with van der Waals surface area (Å²) >= 11 is 1.16. The zero-order valence-electron chi connectivity index (χ0n) is 8.88. The molecule has 0 amide bonds. The number of rotatable bonds is 4. The molecule has 0 spiro atoms. The summed E-state index contributed by atoms with van der Waals surface area (Å²) in [5.74, 6) is 0.263. The minimum atomic E-state index is -3.40. The Bertz CT molecular complexity index is 463. The summed E-state index contributed by atoms with van der Waals surface area (Å²) in [4.78, 5) is 3.92. The predicted octanol–water partition coefficient (Wildman–Crippen LogP) is 0.501. The van der Waals surface area contributed by atoms with Gasteiger partial charge in [-0.2, -0.15) is 0 Å². The van der Waals surface area contributed by atoms with E-state index >= 15 is 0 Å². The van der Waals surface area contributed by atoms with Crippen molar-refractivity contribution < 1.29 is 13.5 Å². The van der Waals surface area contributed by atoms with Crippen LogP contribution in [0, 0.1) is 12.8 Å². The van der Waals surface area contributed by atoms with Crippen LogP contribution in [0.3, 0.4) is 0 Å². The highest BCUT2D eigenvalue weighted by Crippen LogP contribution is 2.27. The van der Waals surface area contributed by atoms with E-state index in [9.17, 15) is 8.42 Å². The average molecular weight is 262 g/mol. The van der Waals surface area contributed by atoms with Gasteiger partial charge < -0.3 is 5.11 Å². The second-order valence-corrected chi connectivity index (χ2v) is 7.27. The van der Waals surface area contributed by atoms with Crippen LogP contribution in [0.25, 0.3) is 0 Å². The monoisotopic (exact) mass is 262 g/mol. The molecule has 0 radical (unpaired) electrons. The molecular weight excluding hydrogens is 248 g/mol.